The zero-order valence-electron chi connectivity index (χ0n) is 14.2. The number of rotatable bonds is 4. The second kappa shape index (κ2) is 7.31. The Morgan fingerprint density at radius 2 is 1.77 bits per heavy atom. The number of sulfonamides is 1. The zero-order chi connectivity index (χ0) is 18.7. The molecule has 0 radical (unpaired) electrons. The van der Waals surface area contributed by atoms with Gasteiger partial charge in [0.1, 0.15) is 6.61 Å². The summed E-state index contributed by atoms with van der Waals surface area (Å²) in [6.07, 6.45) is 1.74. The van der Waals surface area contributed by atoms with E-state index in [0.717, 1.165) is 4.31 Å². The first-order valence-electron chi connectivity index (χ1n) is 8.10. The molecule has 136 valence electrons. The van der Waals surface area contributed by atoms with Crippen LogP contribution in [0.2, 0.25) is 0 Å². The number of aliphatic hydroxyl groups excluding tert-OH is 1. The highest BCUT2D eigenvalue weighted by atomic mass is 32.2. The number of anilines is 1. The summed E-state index contributed by atoms with van der Waals surface area (Å²) in [5.74, 6) is 0. The van der Waals surface area contributed by atoms with Crippen LogP contribution in [0.25, 0.3) is 6.08 Å². The number of carbonyl (C=O) groups is 1. The van der Waals surface area contributed by atoms with Gasteiger partial charge in [-0.3, -0.25) is 4.31 Å². The van der Waals surface area contributed by atoms with Crippen molar-refractivity contribution in [3.05, 3.63) is 71.3 Å². The van der Waals surface area contributed by atoms with Crippen LogP contribution in [0.5, 0.6) is 0 Å². The molecule has 0 unspecified atom stereocenters. The van der Waals surface area contributed by atoms with Crippen molar-refractivity contribution in [3.63, 3.8) is 0 Å². The fraction of sp³-hybridized carbons (Fsp3) is 0.211. The summed E-state index contributed by atoms with van der Waals surface area (Å²) < 4.78 is 31.8. The van der Waals surface area contributed by atoms with Crippen LogP contribution in [0.4, 0.5) is 10.5 Å². The lowest BCUT2D eigenvalue weighted by molar-refractivity contribution is 0.165. The van der Waals surface area contributed by atoms with Crippen molar-refractivity contribution in [2.75, 3.05) is 10.9 Å². The molecule has 2 aromatic rings. The summed E-state index contributed by atoms with van der Waals surface area (Å²) in [6, 6.07) is 15.0. The van der Waals surface area contributed by atoms with Crippen LogP contribution in [-0.2, 0) is 21.4 Å². The third kappa shape index (κ3) is 3.36. The third-order valence-corrected chi connectivity index (χ3v) is 5.83. The third-order valence-electron chi connectivity index (χ3n) is 4.26. The van der Waals surface area contributed by atoms with Crippen molar-refractivity contribution in [1.82, 2.24) is 0 Å². The van der Waals surface area contributed by atoms with Gasteiger partial charge in [0.2, 0.25) is 0 Å². The molecular weight excluding hydrogens is 354 g/mol. The van der Waals surface area contributed by atoms with Crippen LogP contribution >= 0.6 is 0 Å². The SMILES string of the molecule is C[C@@H]1C(CO)=Cc2ccccc2N1S(=O)(=O)C(=O)OCc1ccccc1. The summed E-state index contributed by atoms with van der Waals surface area (Å²) in [5, 5.41) is 8.24. The van der Waals surface area contributed by atoms with Crippen LogP contribution in [0.1, 0.15) is 18.1 Å². The molecule has 1 atom stereocenters. The van der Waals surface area contributed by atoms with Crippen molar-refractivity contribution in [1.29, 1.82) is 0 Å². The van der Waals surface area contributed by atoms with E-state index in [1.807, 2.05) is 6.07 Å². The first-order valence-corrected chi connectivity index (χ1v) is 9.54. The van der Waals surface area contributed by atoms with E-state index in [1.165, 1.54) is 0 Å². The summed E-state index contributed by atoms with van der Waals surface area (Å²) in [7, 11) is -4.42. The minimum absolute atomic E-state index is 0.133. The van der Waals surface area contributed by atoms with E-state index in [2.05, 4.69) is 0 Å². The molecule has 0 fully saturated rings. The Bertz CT molecular complexity index is 937. The van der Waals surface area contributed by atoms with Crippen molar-refractivity contribution in [2.24, 2.45) is 0 Å². The van der Waals surface area contributed by atoms with Crippen molar-refractivity contribution < 1.29 is 23.1 Å². The highest BCUT2D eigenvalue weighted by Gasteiger charge is 2.39. The molecule has 0 aromatic heterocycles. The number of hydrogen-bond acceptors (Lipinski definition) is 5. The molecule has 0 saturated carbocycles. The number of nitrogens with zero attached hydrogens (tertiary/aromatic N) is 1. The highest BCUT2D eigenvalue weighted by Crippen LogP contribution is 2.35. The van der Waals surface area contributed by atoms with E-state index in [-0.39, 0.29) is 13.2 Å². The maximum absolute atomic E-state index is 12.9. The molecule has 0 aliphatic carbocycles. The molecule has 1 heterocycles. The molecular formula is C19H19NO5S. The van der Waals surface area contributed by atoms with Gasteiger partial charge in [-0.05, 0) is 35.8 Å². The minimum atomic E-state index is -4.42. The molecule has 2 aromatic carbocycles. The second-order valence-corrected chi connectivity index (χ2v) is 7.61. The lowest BCUT2D eigenvalue weighted by Crippen LogP contribution is -2.45. The fourth-order valence-corrected chi connectivity index (χ4v) is 4.22. The van der Waals surface area contributed by atoms with E-state index in [4.69, 9.17) is 4.74 Å². The Morgan fingerprint density at radius 3 is 2.46 bits per heavy atom. The van der Waals surface area contributed by atoms with Crippen molar-refractivity contribution in [2.45, 2.75) is 19.6 Å². The van der Waals surface area contributed by atoms with E-state index < -0.39 is 21.4 Å². The predicted octanol–water partition coefficient (Wildman–Crippen LogP) is 2.94. The maximum Gasteiger partial charge on any atom is 0.445 e. The van der Waals surface area contributed by atoms with Crippen LogP contribution in [0.3, 0.4) is 0 Å². The zero-order valence-corrected chi connectivity index (χ0v) is 15.0. The number of hydrogen-bond donors (Lipinski definition) is 1. The molecule has 1 aliphatic heterocycles. The Morgan fingerprint density at radius 1 is 1.12 bits per heavy atom. The summed E-state index contributed by atoms with van der Waals surface area (Å²) >= 11 is 0. The minimum Gasteiger partial charge on any atom is -0.448 e. The summed E-state index contributed by atoms with van der Waals surface area (Å²) in [5.41, 5.74) is 2.20. The van der Waals surface area contributed by atoms with E-state index >= 15 is 0 Å². The predicted molar refractivity (Wildman–Crippen MR) is 99.0 cm³/mol. The largest absolute Gasteiger partial charge is 0.448 e. The number of ether oxygens (including phenoxy) is 1. The molecule has 26 heavy (non-hydrogen) atoms. The van der Waals surface area contributed by atoms with Crippen molar-refractivity contribution in [3.8, 4) is 0 Å². The Kier molecular flexibility index (Phi) is 5.11. The average molecular weight is 373 g/mol. The first kappa shape index (κ1) is 18.2. The number of carbonyl (C=O) groups excluding carboxylic acids is 1. The van der Waals surface area contributed by atoms with E-state index in [9.17, 15) is 18.3 Å². The number of aliphatic hydroxyl groups is 1. The monoisotopic (exact) mass is 373 g/mol. The number of benzene rings is 2. The van der Waals surface area contributed by atoms with Crippen LogP contribution < -0.4 is 4.31 Å². The molecule has 7 heteroatoms. The number of para-hydroxylation sites is 1. The quantitative estimate of drug-likeness (QED) is 0.833. The van der Waals surface area contributed by atoms with Gasteiger partial charge in [-0.15, -0.1) is 0 Å². The van der Waals surface area contributed by atoms with Crippen LogP contribution in [0, 0.1) is 0 Å². The van der Waals surface area contributed by atoms with Crippen LogP contribution in [-0.4, -0.2) is 31.5 Å². The molecule has 1 aliphatic rings. The van der Waals surface area contributed by atoms with Gasteiger partial charge < -0.3 is 9.84 Å². The van der Waals surface area contributed by atoms with Gasteiger partial charge in [0.15, 0.2) is 0 Å². The molecule has 1 N–H and O–H groups in total. The van der Waals surface area contributed by atoms with Gasteiger partial charge in [-0.25, -0.2) is 4.79 Å². The van der Waals surface area contributed by atoms with Crippen LogP contribution in [0.15, 0.2) is 60.2 Å². The second-order valence-electron chi connectivity index (χ2n) is 5.94. The molecule has 0 amide bonds. The smallest absolute Gasteiger partial charge is 0.445 e. The summed E-state index contributed by atoms with van der Waals surface area (Å²) in [4.78, 5) is 12.4. The molecule has 3 rings (SSSR count). The number of fused-ring (bicyclic) bond motifs is 1. The van der Waals surface area contributed by atoms with Gasteiger partial charge in [0.25, 0.3) is 0 Å². The first-order chi connectivity index (χ1) is 12.4. The molecule has 0 spiro atoms. The van der Waals surface area contributed by atoms with E-state index in [1.54, 1.807) is 61.5 Å². The standard InChI is InChI=1S/C19H19NO5S/c1-14-17(12-21)11-16-9-5-6-10-18(16)20(14)26(23,24)19(22)25-13-15-7-3-2-4-8-15/h2-11,14,21H,12-13H2,1H3/t14-/m1/s1. The van der Waals surface area contributed by atoms with Gasteiger partial charge in [0.05, 0.1) is 18.3 Å². The fourth-order valence-electron chi connectivity index (χ4n) is 2.88. The van der Waals surface area contributed by atoms with E-state index in [0.29, 0.717) is 22.4 Å². The molecule has 6 nitrogen and oxygen atoms in total. The van der Waals surface area contributed by atoms with Gasteiger partial charge in [-0.2, -0.15) is 8.42 Å². The molecule has 0 bridgehead atoms. The van der Waals surface area contributed by atoms with Crippen molar-refractivity contribution >= 4 is 27.1 Å². The van der Waals surface area contributed by atoms with Gasteiger partial charge in [-0.1, -0.05) is 48.5 Å². The lowest BCUT2D eigenvalue weighted by atomic mass is 9.99. The Hall–Kier alpha value is -2.64. The summed E-state index contributed by atoms with van der Waals surface area (Å²) in [6.45, 7) is 1.19. The van der Waals surface area contributed by atoms with Gasteiger partial charge >= 0.3 is 15.3 Å². The Balaban J connectivity index is 1.90. The topological polar surface area (TPSA) is 83.9 Å². The lowest BCUT2D eigenvalue weighted by Gasteiger charge is -2.34. The highest BCUT2D eigenvalue weighted by molar-refractivity contribution is 8.06. The molecule has 0 saturated heterocycles. The Labute approximate surface area is 152 Å². The normalized spacial score (nSPS) is 16.6. The average Bonchev–Trinajstić information content (AvgIpc) is 2.66. The maximum atomic E-state index is 12.9. The van der Waals surface area contributed by atoms with Gasteiger partial charge in [0, 0.05) is 0 Å².